The van der Waals surface area contributed by atoms with E-state index >= 15 is 0 Å². The summed E-state index contributed by atoms with van der Waals surface area (Å²) in [6, 6.07) is 10.3. The third kappa shape index (κ3) is 2.70. The van der Waals surface area contributed by atoms with E-state index in [0.29, 0.717) is 0 Å². The van der Waals surface area contributed by atoms with Gasteiger partial charge in [-0.1, -0.05) is 13.0 Å². The molecule has 0 nitrogen and oxygen atoms in total. The van der Waals surface area contributed by atoms with Crippen LogP contribution in [0.3, 0.4) is 0 Å². The Morgan fingerprint density at radius 3 is 2.00 bits per heavy atom. The summed E-state index contributed by atoms with van der Waals surface area (Å²) in [5, 5.41) is 0. The Balaban J connectivity index is 0.000000640. The van der Waals surface area contributed by atoms with E-state index in [9.17, 15) is 0 Å². The summed E-state index contributed by atoms with van der Waals surface area (Å²) >= 11 is 0. The first-order chi connectivity index (χ1) is 3.93. The van der Waals surface area contributed by atoms with Gasteiger partial charge in [0.05, 0.1) is 0 Å². The SMILES string of the molecule is C[CH-]c1ccccc1.[Re]. The van der Waals surface area contributed by atoms with Crippen LogP contribution in [-0.2, 0) is 20.4 Å². The molecule has 0 heterocycles. The smallest absolute Gasteiger partial charge is 0 e. The van der Waals surface area contributed by atoms with Crippen molar-refractivity contribution in [1.82, 2.24) is 0 Å². The van der Waals surface area contributed by atoms with Gasteiger partial charge in [0.2, 0.25) is 0 Å². The summed E-state index contributed by atoms with van der Waals surface area (Å²) in [6.45, 7) is 2.04. The molecule has 0 atom stereocenters. The fraction of sp³-hybridized carbons (Fsp3) is 0.125. The van der Waals surface area contributed by atoms with Crippen LogP contribution >= 0.6 is 0 Å². The van der Waals surface area contributed by atoms with Crippen LogP contribution < -0.4 is 0 Å². The zero-order chi connectivity index (χ0) is 5.82. The maximum atomic E-state index is 2.08. The first-order valence-electron chi connectivity index (χ1n) is 2.78. The third-order valence-corrected chi connectivity index (χ3v) is 1.13. The molecule has 0 bridgehead atoms. The molecule has 0 amide bonds. The Hall–Kier alpha value is -0.248. The molecule has 1 radical (unpaired) electrons. The number of hydrogen-bond acceptors (Lipinski definition) is 0. The standard InChI is InChI=1S/C8H9.Re/c1-2-8-6-4-3-5-7-8;/h2-7H,1H3;/q-1;. The Kier molecular flexibility index (Phi) is 4.49. The van der Waals surface area contributed by atoms with E-state index in [2.05, 4.69) is 18.6 Å². The average Bonchev–Trinajstić information content (AvgIpc) is 1.90. The summed E-state index contributed by atoms with van der Waals surface area (Å²) in [5.74, 6) is 0. The molecule has 0 saturated carbocycles. The topological polar surface area (TPSA) is 0 Å². The summed E-state index contributed by atoms with van der Waals surface area (Å²) in [7, 11) is 0. The molecule has 0 spiro atoms. The summed E-state index contributed by atoms with van der Waals surface area (Å²) < 4.78 is 0. The van der Waals surface area contributed by atoms with Gasteiger partial charge in [0, 0.05) is 20.4 Å². The average molecular weight is 291 g/mol. The first-order valence-corrected chi connectivity index (χ1v) is 2.78. The van der Waals surface area contributed by atoms with Crippen molar-refractivity contribution in [2.45, 2.75) is 6.92 Å². The van der Waals surface area contributed by atoms with Crippen molar-refractivity contribution in [1.29, 1.82) is 0 Å². The molecule has 0 aliphatic rings. The van der Waals surface area contributed by atoms with E-state index in [1.54, 1.807) is 0 Å². The van der Waals surface area contributed by atoms with Gasteiger partial charge in [0.15, 0.2) is 0 Å². The number of rotatable bonds is 1. The van der Waals surface area contributed by atoms with Crippen LogP contribution in [0.5, 0.6) is 0 Å². The third-order valence-electron chi connectivity index (χ3n) is 1.13. The minimum atomic E-state index is 0. The van der Waals surface area contributed by atoms with Crippen molar-refractivity contribution in [2.24, 2.45) is 0 Å². The Morgan fingerprint density at radius 1 is 1.11 bits per heavy atom. The van der Waals surface area contributed by atoms with Crippen molar-refractivity contribution in [2.75, 3.05) is 0 Å². The van der Waals surface area contributed by atoms with Crippen LogP contribution in [-0.4, -0.2) is 0 Å². The van der Waals surface area contributed by atoms with Gasteiger partial charge in [-0.25, -0.2) is 0 Å². The quantitative estimate of drug-likeness (QED) is 0.696. The Labute approximate surface area is 69.9 Å². The summed E-state index contributed by atoms with van der Waals surface area (Å²) in [4.78, 5) is 0. The van der Waals surface area contributed by atoms with Crippen molar-refractivity contribution < 1.29 is 20.4 Å². The van der Waals surface area contributed by atoms with Gasteiger partial charge >= 0.3 is 0 Å². The maximum absolute atomic E-state index is 2.08. The summed E-state index contributed by atoms with van der Waals surface area (Å²) in [5.41, 5.74) is 1.28. The molecule has 0 aliphatic heterocycles. The largest absolute Gasteiger partial charge is 0.192 e. The zero-order valence-electron chi connectivity index (χ0n) is 5.34. The molecule has 1 heteroatoms. The van der Waals surface area contributed by atoms with Crippen molar-refractivity contribution in [3.63, 3.8) is 0 Å². The molecule has 0 N–H and O–H groups in total. The molecular weight excluding hydrogens is 282 g/mol. The molecule has 49 valence electrons. The van der Waals surface area contributed by atoms with Crippen molar-refractivity contribution in [3.8, 4) is 0 Å². The minimum absolute atomic E-state index is 0. The zero-order valence-corrected chi connectivity index (χ0v) is 8.06. The molecule has 0 aromatic heterocycles. The van der Waals surface area contributed by atoms with Crippen LogP contribution in [0.25, 0.3) is 0 Å². The number of benzene rings is 1. The van der Waals surface area contributed by atoms with Crippen molar-refractivity contribution in [3.05, 3.63) is 42.3 Å². The predicted molar refractivity (Wildman–Crippen MR) is 35.5 cm³/mol. The van der Waals surface area contributed by atoms with Crippen LogP contribution in [0.4, 0.5) is 0 Å². The van der Waals surface area contributed by atoms with E-state index in [4.69, 9.17) is 0 Å². The van der Waals surface area contributed by atoms with Crippen LogP contribution in [0.15, 0.2) is 30.3 Å². The van der Waals surface area contributed by atoms with E-state index in [1.165, 1.54) is 5.56 Å². The molecule has 9 heavy (non-hydrogen) atoms. The fourth-order valence-electron chi connectivity index (χ4n) is 0.645. The van der Waals surface area contributed by atoms with Gasteiger partial charge < -0.3 is 0 Å². The van der Waals surface area contributed by atoms with E-state index in [0.717, 1.165) is 0 Å². The van der Waals surface area contributed by atoms with Gasteiger partial charge in [0.25, 0.3) is 0 Å². The Morgan fingerprint density at radius 2 is 1.67 bits per heavy atom. The van der Waals surface area contributed by atoms with Crippen molar-refractivity contribution >= 4 is 0 Å². The molecule has 1 rings (SSSR count). The molecule has 0 saturated heterocycles. The molecule has 1 aromatic carbocycles. The normalized spacial score (nSPS) is 7.67. The van der Waals surface area contributed by atoms with E-state index in [1.807, 2.05) is 25.1 Å². The van der Waals surface area contributed by atoms with Gasteiger partial charge in [-0.2, -0.15) is 24.1 Å². The van der Waals surface area contributed by atoms with Gasteiger partial charge in [0.1, 0.15) is 0 Å². The first kappa shape index (κ1) is 8.75. The van der Waals surface area contributed by atoms with Crippen LogP contribution in [0.2, 0.25) is 0 Å². The molecule has 0 fully saturated rings. The van der Waals surface area contributed by atoms with E-state index in [-0.39, 0.29) is 20.4 Å². The Bertz CT molecular complexity index is 146. The molecular formula is C8H9Re-. The molecule has 1 aromatic rings. The monoisotopic (exact) mass is 292 g/mol. The van der Waals surface area contributed by atoms with Gasteiger partial charge in [-0.3, -0.25) is 0 Å². The predicted octanol–water partition coefficient (Wildman–Crippen LogP) is 2.26. The second-order valence-electron chi connectivity index (χ2n) is 1.70. The maximum Gasteiger partial charge on any atom is 0 e. The summed E-state index contributed by atoms with van der Waals surface area (Å²) in [6.07, 6.45) is 2.08. The minimum Gasteiger partial charge on any atom is -0.192 e. The fourth-order valence-corrected chi connectivity index (χ4v) is 0.645. The molecule has 0 unspecified atom stereocenters. The van der Waals surface area contributed by atoms with Crippen LogP contribution in [0.1, 0.15) is 12.5 Å². The van der Waals surface area contributed by atoms with E-state index < -0.39 is 0 Å². The number of hydrogen-bond donors (Lipinski definition) is 0. The van der Waals surface area contributed by atoms with Crippen LogP contribution in [0, 0.1) is 6.42 Å². The second kappa shape index (κ2) is 4.61. The van der Waals surface area contributed by atoms with Gasteiger partial charge in [-0.15, -0.1) is 12.1 Å². The van der Waals surface area contributed by atoms with Gasteiger partial charge in [-0.05, 0) is 0 Å². The molecule has 0 aliphatic carbocycles. The second-order valence-corrected chi connectivity index (χ2v) is 1.70.